The monoisotopic (exact) mass is 460 g/mol. The molecule has 7 nitrogen and oxygen atoms in total. The van der Waals surface area contributed by atoms with E-state index in [0.29, 0.717) is 35.8 Å². The van der Waals surface area contributed by atoms with E-state index in [2.05, 4.69) is 0 Å². The number of benzene rings is 3. The van der Waals surface area contributed by atoms with E-state index in [9.17, 15) is 9.59 Å². The third-order valence-corrected chi connectivity index (χ3v) is 6.04. The lowest BCUT2D eigenvalue weighted by molar-refractivity contribution is -0.154. The Morgan fingerprint density at radius 3 is 1.91 bits per heavy atom. The second-order valence-electron chi connectivity index (χ2n) is 7.80. The second kappa shape index (κ2) is 9.87. The Morgan fingerprint density at radius 2 is 1.38 bits per heavy atom. The fourth-order valence-corrected chi connectivity index (χ4v) is 4.38. The standard InChI is InChI=1S/C27H28N2O5/c1-4-34-26(31)27(20-8-6-5-7-9-20)25(30)28(21-10-14-23(32-2)15-11-21)18-19-29(27)22-12-16-24(33-3)17-13-22/h5-17H,4,18-19H2,1-3H3. The number of methoxy groups -OCH3 is 2. The summed E-state index contributed by atoms with van der Waals surface area (Å²) in [4.78, 5) is 31.6. The molecule has 176 valence electrons. The molecule has 1 heterocycles. The molecule has 3 aromatic rings. The van der Waals surface area contributed by atoms with Gasteiger partial charge in [-0.3, -0.25) is 4.79 Å². The van der Waals surface area contributed by atoms with Gasteiger partial charge in [0, 0.05) is 24.5 Å². The number of rotatable bonds is 7. The Balaban J connectivity index is 1.89. The molecule has 1 aliphatic heterocycles. The number of amides is 1. The average Bonchev–Trinajstić information content (AvgIpc) is 2.89. The molecule has 3 aromatic carbocycles. The lowest BCUT2D eigenvalue weighted by Gasteiger charge is -2.49. The van der Waals surface area contributed by atoms with Gasteiger partial charge in [0.2, 0.25) is 5.54 Å². The number of carbonyl (C=O) groups is 2. The van der Waals surface area contributed by atoms with Gasteiger partial charge >= 0.3 is 5.97 Å². The van der Waals surface area contributed by atoms with E-state index in [1.54, 1.807) is 50.3 Å². The van der Waals surface area contributed by atoms with Crippen LogP contribution >= 0.6 is 0 Å². The number of carbonyl (C=O) groups excluding carboxylic acids is 2. The Kier molecular flexibility index (Phi) is 6.72. The molecule has 0 aliphatic carbocycles. The maximum absolute atomic E-state index is 14.4. The third kappa shape index (κ3) is 3.94. The number of esters is 1. The molecule has 0 N–H and O–H groups in total. The molecule has 1 unspecified atom stereocenters. The highest BCUT2D eigenvalue weighted by Crippen LogP contribution is 2.41. The van der Waals surface area contributed by atoms with Gasteiger partial charge in [0.1, 0.15) is 11.5 Å². The second-order valence-corrected chi connectivity index (χ2v) is 7.80. The van der Waals surface area contributed by atoms with Crippen LogP contribution in [0.5, 0.6) is 11.5 Å². The van der Waals surface area contributed by atoms with E-state index in [4.69, 9.17) is 14.2 Å². The van der Waals surface area contributed by atoms with Crippen molar-refractivity contribution in [3.8, 4) is 11.5 Å². The highest BCUT2D eigenvalue weighted by Gasteiger charge is 2.58. The molecule has 34 heavy (non-hydrogen) atoms. The van der Waals surface area contributed by atoms with Gasteiger partial charge in [-0.2, -0.15) is 0 Å². The van der Waals surface area contributed by atoms with E-state index in [1.165, 1.54) is 0 Å². The van der Waals surface area contributed by atoms with Gasteiger partial charge in [-0.05, 0) is 61.0 Å². The SMILES string of the molecule is CCOC(=O)C1(c2ccccc2)C(=O)N(c2ccc(OC)cc2)CCN1c1ccc(OC)cc1. The van der Waals surface area contributed by atoms with Crippen LogP contribution in [0.15, 0.2) is 78.9 Å². The van der Waals surface area contributed by atoms with Crippen LogP contribution < -0.4 is 19.3 Å². The highest BCUT2D eigenvalue weighted by molar-refractivity contribution is 6.18. The first-order valence-electron chi connectivity index (χ1n) is 11.2. The van der Waals surface area contributed by atoms with Gasteiger partial charge in [-0.15, -0.1) is 0 Å². The van der Waals surface area contributed by atoms with Crippen LogP contribution in [-0.4, -0.2) is 45.8 Å². The van der Waals surface area contributed by atoms with Crippen molar-refractivity contribution in [2.75, 3.05) is 43.7 Å². The number of hydrogen-bond acceptors (Lipinski definition) is 6. The minimum absolute atomic E-state index is 0.152. The summed E-state index contributed by atoms with van der Waals surface area (Å²) in [7, 11) is 3.19. The largest absolute Gasteiger partial charge is 0.497 e. The first kappa shape index (κ1) is 23.2. The lowest BCUT2D eigenvalue weighted by Crippen LogP contribution is -2.68. The van der Waals surface area contributed by atoms with Crippen LogP contribution in [0.4, 0.5) is 11.4 Å². The zero-order chi connectivity index (χ0) is 24.1. The van der Waals surface area contributed by atoms with E-state index < -0.39 is 11.5 Å². The smallest absolute Gasteiger partial charge is 0.346 e. The van der Waals surface area contributed by atoms with Gasteiger partial charge < -0.3 is 24.0 Å². The van der Waals surface area contributed by atoms with Crippen molar-refractivity contribution in [1.29, 1.82) is 0 Å². The van der Waals surface area contributed by atoms with Crippen molar-refractivity contribution in [2.24, 2.45) is 0 Å². The van der Waals surface area contributed by atoms with Crippen LogP contribution in [0.1, 0.15) is 12.5 Å². The predicted molar refractivity (Wildman–Crippen MR) is 130 cm³/mol. The molecule has 0 radical (unpaired) electrons. The third-order valence-electron chi connectivity index (χ3n) is 6.04. The zero-order valence-corrected chi connectivity index (χ0v) is 19.6. The Labute approximate surface area is 199 Å². The molecule has 1 saturated heterocycles. The fourth-order valence-electron chi connectivity index (χ4n) is 4.38. The van der Waals surface area contributed by atoms with Gasteiger partial charge in [0.25, 0.3) is 5.91 Å². The van der Waals surface area contributed by atoms with Gasteiger partial charge in [0.15, 0.2) is 0 Å². The van der Waals surface area contributed by atoms with Crippen molar-refractivity contribution in [3.05, 3.63) is 84.4 Å². The summed E-state index contributed by atoms with van der Waals surface area (Å²) < 4.78 is 16.1. The first-order valence-corrected chi connectivity index (χ1v) is 11.2. The van der Waals surface area contributed by atoms with Crippen LogP contribution in [0.2, 0.25) is 0 Å². The summed E-state index contributed by atoms with van der Waals surface area (Å²) in [5.74, 6) is 0.394. The quantitative estimate of drug-likeness (QED) is 0.392. The summed E-state index contributed by atoms with van der Waals surface area (Å²) in [5.41, 5.74) is 0.266. The predicted octanol–water partition coefficient (Wildman–Crippen LogP) is 4.02. The number of nitrogens with zero attached hydrogens (tertiary/aromatic N) is 2. The average molecular weight is 461 g/mol. The normalized spacial score (nSPS) is 17.9. The van der Waals surface area contributed by atoms with Crippen LogP contribution in [0.3, 0.4) is 0 Å². The number of piperazine rings is 1. The Morgan fingerprint density at radius 1 is 0.824 bits per heavy atom. The molecule has 0 spiro atoms. The van der Waals surface area contributed by atoms with E-state index >= 15 is 0 Å². The minimum atomic E-state index is -1.69. The van der Waals surface area contributed by atoms with Gasteiger partial charge in [0.05, 0.1) is 20.8 Å². The van der Waals surface area contributed by atoms with Crippen LogP contribution in [0.25, 0.3) is 0 Å². The molecule has 0 aromatic heterocycles. The zero-order valence-electron chi connectivity index (χ0n) is 19.6. The summed E-state index contributed by atoms with van der Waals surface area (Å²) in [6.45, 7) is 2.70. The van der Waals surface area contributed by atoms with E-state index in [0.717, 1.165) is 5.69 Å². The lowest BCUT2D eigenvalue weighted by atomic mass is 9.83. The minimum Gasteiger partial charge on any atom is -0.497 e. The summed E-state index contributed by atoms with van der Waals surface area (Å²) in [6, 6.07) is 23.7. The molecule has 0 bridgehead atoms. The number of hydrogen-bond donors (Lipinski definition) is 0. The van der Waals surface area contributed by atoms with Crippen LogP contribution in [-0.2, 0) is 19.9 Å². The van der Waals surface area contributed by atoms with E-state index in [1.807, 2.05) is 59.5 Å². The number of ether oxygens (including phenoxy) is 3. The summed E-state index contributed by atoms with van der Waals surface area (Å²) >= 11 is 0. The van der Waals surface area contributed by atoms with Crippen LogP contribution in [0, 0.1) is 0 Å². The molecule has 4 rings (SSSR count). The Bertz CT molecular complexity index is 1130. The topological polar surface area (TPSA) is 68.3 Å². The van der Waals surface area contributed by atoms with Crippen molar-refractivity contribution >= 4 is 23.3 Å². The molecule has 1 fully saturated rings. The number of anilines is 2. The molecule has 1 atom stereocenters. The maximum Gasteiger partial charge on any atom is 0.346 e. The molecular formula is C27H28N2O5. The Hall–Kier alpha value is -4.00. The maximum atomic E-state index is 14.4. The van der Waals surface area contributed by atoms with Gasteiger partial charge in [-0.25, -0.2) is 4.79 Å². The molecule has 7 heteroatoms. The molecule has 0 saturated carbocycles. The van der Waals surface area contributed by atoms with Crippen molar-refractivity contribution in [2.45, 2.75) is 12.5 Å². The van der Waals surface area contributed by atoms with E-state index in [-0.39, 0.29) is 12.5 Å². The molecule has 1 aliphatic rings. The first-order chi connectivity index (χ1) is 16.6. The highest BCUT2D eigenvalue weighted by atomic mass is 16.5. The van der Waals surface area contributed by atoms with Crippen molar-refractivity contribution in [3.63, 3.8) is 0 Å². The molecule has 1 amide bonds. The summed E-state index contributed by atoms with van der Waals surface area (Å²) in [5, 5.41) is 0. The summed E-state index contributed by atoms with van der Waals surface area (Å²) in [6.07, 6.45) is 0. The molecular weight excluding hydrogens is 432 g/mol. The van der Waals surface area contributed by atoms with Gasteiger partial charge in [-0.1, -0.05) is 30.3 Å². The fraction of sp³-hybridized carbons (Fsp3) is 0.259. The van der Waals surface area contributed by atoms with Crippen molar-refractivity contribution < 1.29 is 23.8 Å². The van der Waals surface area contributed by atoms with Crippen molar-refractivity contribution in [1.82, 2.24) is 0 Å².